The van der Waals surface area contributed by atoms with Gasteiger partial charge in [0.25, 0.3) is 0 Å². The molecule has 0 spiro atoms. The summed E-state index contributed by atoms with van der Waals surface area (Å²) in [5.74, 6) is -1.89. The highest BCUT2D eigenvalue weighted by atomic mass is 32.2. The van der Waals surface area contributed by atoms with Gasteiger partial charge in [0.15, 0.2) is 0 Å². The second-order valence-corrected chi connectivity index (χ2v) is 9.60. The number of carboxylic acid groups (broad SMARTS) is 1. The van der Waals surface area contributed by atoms with Crippen LogP contribution in [0, 0.1) is 0 Å². The fourth-order valence-corrected chi connectivity index (χ4v) is 5.65. The van der Waals surface area contributed by atoms with Crippen LogP contribution in [-0.4, -0.2) is 56.5 Å². The normalized spacial score (nSPS) is 26.3. The van der Waals surface area contributed by atoms with Gasteiger partial charge >= 0.3 is 5.97 Å². The van der Waals surface area contributed by atoms with Gasteiger partial charge in [0.2, 0.25) is 11.8 Å². The Balaban J connectivity index is 1.72. The number of rotatable bonds is 8. The molecule has 0 saturated carbocycles. The number of carbonyl (C=O) groups is 3. The third-order valence-electron chi connectivity index (χ3n) is 5.44. The van der Waals surface area contributed by atoms with E-state index in [9.17, 15) is 19.5 Å². The molecule has 1 aromatic carbocycles. The summed E-state index contributed by atoms with van der Waals surface area (Å²) in [6.07, 6.45) is 2.30. The molecule has 2 aliphatic rings. The molecule has 28 heavy (non-hydrogen) atoms. The van der Waals surface area contributed by atoms with Gasteiger partial charge in [-0.3, -0.25) is 9.59 Å². The van der Waals surface area contributed by atoms with Crippen molar-refractivity contribution < 1.29 is 19.5 Å². The summed E-state index contributed by atoms with van der Waals surface area (Å²) < 4.78 is -0.606. The third-order valence-corrected chi connectivity index (χ3v) is 7.01. The molecule has 4 atom stereocenters. The Labute approximate surface area is 169 Å². The molecule has 3 rings (SSSR count). The number of nitrogens with two attached hydrogens (primary N) is 1. The number of fused-ring (bicyclic) bond motifs is 1. The van der Waals surface area contributed by atoms with Crippen LogP contribution in [0.5, 0.6) is 0 Å². The molecule has 0 aromatic heterocycles. The van der Waals surface area contributed by atoms with E-state index in [2.05, 4.69) is 5.32 Å². The zero-order chi connectivity index (χ0) is 20.5. The standard InChI is InChI=1S/C20H27N3O4S/c1-20(2)15(19(26)27)23-17(25)14(18(23)28-20)22-16(24)13(10-6-7-11-21)12-8-4-3-5-9-12/h3-5,8-9,13-15,18H,6-7,10-11,21H2,1-2H3,(H,22,24)(H,26,27)/t13-,14-,15+,18-/m1/s1. The van der Waals surface area contributed by atoms with Crippen LogP contribution in [0.4, 0.5) is 0 Å². The number of thioether (sulfide) groups is 1. The van der Waals surface area contributed by atoms with E-state index in [1.807, 2.05) is 44.2 Å². The molecule has 2 amide bonds. The summed E-state index contributed by atoms with van der Waals surface area (Å²) in [6.45, 7) is 4.21. The van der Waals surface area contributed by atoms with Crippen molar-refractivity contribution in [3.05, 3.63) is 35.9 Å². The number of β-lactam (4-membered cyclic amide) rings is 1. The molecule has 0 unspecified atom stereocenters. The van der Waals surface area contributed by atoms with Gasteiger partial charge in [0.05, 0.1) is 5.92 Å². The lowest BCUT2D eigenvalue weighted by Crippen LogP contribution is -2.70. The Morgan fingerprint density at radius 1 is 1.29 bits per heavy atom. The molecule has 4 N–H and O–H groups in total. The van der Waals surface area contributed by atoms with Crippen LogP contribution < -0.4 is 11.1 Å². The number of aliphatic carboxylic acids is 1. The van der Waals surface area contributed by atoms with Crippen molar-refractivity contribution in [3.8, 4) is 0 Å². The topological polar surface area (TPSA) is 113 Å². The first kappa shape index (κ1) is 20.7. The van der Waals surface area contributed by atoms with Crippen LogP contribution >= 0.6 is 11.8 Å². The van der Waals surface area contributed by atoms with E-state index >= 15 is 0 Å². The lowest BCUT2D eigenvalue weighted by Gasteiger charge is -2.44. The molecule has 1 aromatic rings. The first-order chi connectivity index (χ1) is 13.3. The fraction of sp³-hybridized carbons (Fsp3) is 0.550. The summed E-state index contributed by atoms with van der Waals surface area (Å²) in [5, 5.41) is 12.1. The Morgan fingerprint density at radius 2 is 1.96 bits per heavy atom. The maximum absolute atomic E-state index is 13.0. The number of hydrogen-bond donors (Lipinski definition) is 3. The molecule has 2 heterocycles. The molecule has 2 fully saturated rings. The zero-order valence-electron chi connectivity index (χ0n) is 16.1. The van der Waals surface area contributed by atoms with Gasteiger partial charge in [-0.25, -0.2) is 4.79 Å². The molecule has 0 aliphatic carbocycles. The molecule has 0 radical (unpaired) electrons. The first-order valence-electron chi connectivity index (χ1n) is 9.56. The summed E-state index contributed by atoms with van der Waals surface area (Å²) in [7, 11) is 0. The first-order valence-corrected chi connectivity index (χ1v) is 10.4. The molecule has 2 saturated heterocycles. The van der Waals surface area contributed by atoms with Crippen molar-refractivity contribution in [1.29, 1.82) is 0 Å². The Kier molecular flexibility index (Phi) is 6.00. The van der Waals surface area contributed by atoms with Crippen molar-refractivity contribution in [1.82, 2.24) is 10.2 Å². The quantitative estimate of drug-likeness (QED) is 0.447. The molecule has 8 heteroatoms. The van der Waals surface area contributed by atoms with Crippen molar-refractivity contribution in [2.45, 2.75) is 61.2 Å². The van der Waals surface area contributed by atoms with Crippen molar-refractivity contribution in [3.63, 3.8) is 0 Å². The van der Waals surface area contributed by atoms with Crippen molar-refractivity contribution in [2.75, 3.05) is 6.54 Å². The van der Waals surface area contributed by atoms with Gasteiger partial charge in [-0.05, 0) is 38.8 Å². The van der Waals surface area contributed by atoms with E-state index in [0.717, 1.165) is 18.4 Å². The Bertz CT molecular complexity index is 755. The number of carboxylic acids is 1. The highest BCUT2D eigenvalue weighted by Crippen LogP contribution is 2.50. The number of nitrogens with one attached hydrogen (secondary N) is 1. The van der Waals surface area contributed by atoms with E-state index in [1.54, 1.807) is 0 Å². The minimum Gasteiger partial charge on any atom is -0.480 e. The van der Waals surface area contributed by atoms with Gasteiger partial charge in [0, 0.05) is 4.75 Å². The monoisotopic (exact) mass is 405 g/mol. The van der Waals surface area contributed by atoms with Gasteiger partial charge in [-0.2, -0.15) is 0 Å². The number of benzene rings is 1. The second-order valence-electron chi connectivity index (χ2n) is 7.83. The predicted octanol–water partition coefficient (Wildman–Crippen LogP) is 1.53. The molecule has 152 valence electrons. The minimum absolute atomic E-state index is 0.196. The lowest BCUT2D eigenvalue weighted by atomic mass is 9.91. The van der Waals surface area contributed by atoms with Crippen LogP contribution in [0.3, 0.4) is 0 Å². The maximum Gasteiger partial charge on any atom is 0.327 e. The van der Waals surface area contributed by atoms with Crippen LogP contribution in [0.25, 0.3) is 0 Å². The van der Waals surface area contributed by atoms with Crippen molar-refractivity contribution >= 4 is 29.5 Å². The average molecular weight is 406 g/mol. The van der Waals surface area contributed by atoms with Crippen LogP contribution in [0.15, 0.2) is 30.3 Å². The average Bonchev–Trinajstić information content (AvgIpc) is 2.92. The van der Waals surface area contributed by atoms with Crippen molar-refractivity contribution in [2.24, 2.45) is 5.73 Å². The number of hydrogen-bond acceptors (Lipinski definition) is 5. The van der Waals surface area contributed by atoms with Gasteiger partial charge in [-0.15, -0.1) is 11.8 Å². The van der Waals surface area contributed by atoms with Gasteiger partial charge in [-0.1, -0.05) is 36.8 Å². The van der Waals surface area contributed by atoms with E-state index in [-0.39, 0.29) is 23.1 Å². The maximum atomic E-state index is 13.0. The molecule has 2 aliphatic heterocycles. The van der Waals surface area contributed by atoms with Crippen LogP contribution in [-0.2, 0) is 14.4 Å². The lowest BCUT2D eigenvalue weighted by molar-refractivity contribution is -0.161. The minimum atomic E-state index is -1.01. The zero-order valence-corrected chi connectivity index (χ0v) is 16.9. The third kappa shape index (κ3) is 3.75. The summed E-state index contributed by atoms with van der Waals surface area (Å²) in [5.41, 5.74) is 6.48. The van der Waals surface area contributed by atoms with E-state index < -0.39 is 22.8 Å². The Morgan fingerprint density at radius 3 is 2.57 bits per heavy atom. The molecular formula is C20H27N3O4S. The fourth-order valence-electron chi connectivity index (χ4n) is 4.03. The SMILES string of the molecule is CC1(C)S[C@@H]2[C@H](NC(=O)[C@H](CCCCN)c3ccccc3)C(=O)N2[C@H]1C(=O)O. The summed E-state index contributed by atoms with van der Waals surface area (Å²) in [6, 6.07) is 7.95. The highest BCUT2D eigenvalue weighted by molar-refractivity contribution is 8.01. The highest BCUT2D eigenvalue weighted by Gasteiger charge is 2.64. The smallest absolute Gasteiger partial charge is 0.327 e. The number of carbonyl (C=O) groups excluding carboxylic acids is 2. The second kappa shape index (κ2) is 8.13. The molecule has 7 nitrogen and oxygen atoms in total. The largest absolute Gasteiger partial charge is 0.480 e. The predicted molar refractivity (Wildman–Crippen MR) is 108 cm³/mol. The van der Waals surface area contributed by atoms with Crippen LogP contribution in [0.2, 0.25) is 0 Å². The van der Waals surface area contributed by atoms with Gasteiger partial charge in [0.1, 0.15) is 17.5 Å². The number of unbranched alkanes of at least 4 members (excludes halogenated alkanes) is 1. The van der Waals surface area contributed by atoms with E-state index in [1.165, 1.54) is 16.7 Å². The molecule has 0 bridgehead atoms. The van der Waals surface area contributed by atoms with E-state index in [4.69, 9.17) is 5.73 Å². The molecular weight excluding hydrogens is 378 g/mol. The summed E-state index contributed by atoms with van der Waals surface area (Å²) in [4.78, 5) is 38.6. The number of amides is 2. The summed E-state index contributed by atoms with van der Waals surface area (Å²) >= 11 is 1.43. The van der Waals surface area contributed by atoms with Gasteiger partial charge < -0.3 is 21.1 Å². The van der Waals surface area contributed by atoms with Crippen LogP contribution in [0.1, 0.15) is 44.6 Å². The van der Waals surface area contributed by atoms with E-state index in [0.29, 0.717) is 13.0 Å². The number of nitrogens with zero attached hydrogens (tertiary/aromatic N) is 1. The Hall–Kier alpha value is -2.06.